The van der Waals surface area contributed by atoms with E-state index in [-0.39, 0.29) is 66.5 Å². The Balaban J connectivity index is 0.00000578. The SMILES string of the molecule is CNCC(O)c1ccc(OP(=O)(O)O)c(C[n+]2cccc(/C=C/C(=O)OCC(=O)[C@@]34O[C@H](C5CCCCC5)O[C@@H]3C[C@H]3[C@@H]5CCC6=CC(=O)C=C[C@]6(C)[C@H]5[C@@H](O)C[C@@]34C)c2)c1.[Cl-]. The molecule has 0 bridgehead atoms. The van der Waals surface area contributed by atoms with E-state index in [1.54, 1.807) is 66.5 Å². The minimum absolute atomic E-state index is 0. The summed E-state index contributed by atoms with van der Waals surface area (Å²) in [6, 6.07) is 8.07. The van der Waals surface area contributed by atoms with Crippen LogP contribution in [0, 0.1) is 34.5 Å². The lowest BCUT2D eigenvalue weighted by molar-refractivity contribution is -0.688. The molecule has 8 rings (SSSR count). The van der Waals surface area contributed by atoms with Crippen molar-refractivity contribution in [1.82, 2.24) is 5.32 Å². The zero-order valence-electron chi connectivity index (χ0n) is 35.4. The lowest BCUT2D eigenvalue weighted by Crippen LogP contribution is -3.00. The first-order chi connectivity index (χ1) is 29.0. The van der Waals surface area contributed by atoms with E-state index in [0.717, 1.165) is 50.5 Å². The summed E-state index contributed by atoms with van der Waals surface area (Å²) in [6.45, 7) is 4.03. The third-order valence-electron chi connectivity index (χ3n) is 14.8. The third-order valence-corrected chi connectivity index (χ3v) is 15.2. The number of benzene rings is 1. The molecule has 1 saturated heterocycles. The molecule has 1 unspecified atom stereocenters. The number of phosphoric ester groups is 1. The molecule has 1 aliphatic heterocycles. The van der Waals surface area contributed by atoms with Crippen molar-refractivity contribution < 1.29 is 74.7 Å². The van der Waals surface area contributed by atoms with E-state index in [1.165, 1.54) is 12.1 Å². The van der Waals surface area contributed by atoms with Crippen molar-refractivity contribution in [2.24, 2.45) is 34.5 Å². The highest BCUT2D eigenvalue weighted by Crippen LogP contribution is 2.70. The van der Waals surface area contributed by atoms with Crippen LogP contribution < -0.4 is 26.8 Å². The van der Waals surface area contributed by atoms with E-state index in [1.807, 2.05) is 6.08 Å². The topological polar surface area (TPSA) is 202 Å². The number of fused-ring (bicyclic) bond motifs is 7. The van der Waals surface area contributed by atoms with E-state index in [4.69, 9.17) is 18.7 Å². The number of aliphatic hydroxyl groups excluding tert-OH is 2. The average Bonchev–Trinajstić information content (AvgIpc) is 3.73. The third kappa shape index (κ3) is 8.67. The summed E-state index contributed by atoms with van der Waals surface area (Å²) in [4.78, 5) is 59.5. The van der Waals surface area contributed by atoms with Gasteiger partial charge in [0.25, 0.3) is 0 Å². The molecule has 5 fully saturated rings. The van der Waals surface area contributed by atoms with E-state index >= 15 is 0 Å². The molecular weight excluding hydrogens is 839 g/mol. The molecule has 5 aliphatic carbocycles. The van der Waals surface area contributed by atoms with Crippen LogP contribution in [-0.2, 0) is 39.7 Å². The summed E-state index contributed by atoms with van der Waals surface area (Å²) in [5.41, 5.74) is -0.0956. The van der Waals surface area contributed by atoms with Gasteiger partial charge in [-0.2, -0.15) is 0 Å². The van der Waals surface area contributed by atoms with Crippen LogP contribution in [0.25, 0.3) is 6.08 Å². The number of nitrogens with zero attached hydrogens (tertiary/aromatic N) is 1. The summed E-state index contributed by atoms with van der Waals surface area (Å²) in [7, 11) is -3.18. The molecule has 336 valence electrons. The van der Waals surface area contributed by atoms with Gasteiger partial charge in [-0.05, 0) is 99.4 Å². The molecule has 62 heavy (non-hydrogen) atoms. The standard InChI is InChI=1S/C46H57N2O12P.ClH/c1-44-18-17-33(49)21-32(44)13-14-34-35-22-40-46(45(35,2)23-36(50)42(34)44,59-43(58-40)29-9-5-4-6-10-29)39(52)27-57-41(53)16-11-28-8-7-19-48(25-28)26-31-20-30(37(51)24-47-3)12-15-38(31)60-61(54,55)56;/h7-8,11-12,15-21,25,29,34-37,40,42-43,47,50-51H,4-6,9-10,13-14,22-24,26-27H2,1-3H3,(H-,54,55,56);1H/b16-11+;/t34-,35-,36-,37?,40+,42+,43+,44-,45-,46+;/m0./s1. The normalized spacial score (nSPS) is 33.4. The molecule has 0 spiro atoms. The summed E-state index contributed by atoms with van der Waals surface area (Å²) in [5.74, 6) is -1.10. The Morgan fingerprint density at radius 2 is 1.90 bits per heavy atom. The number of aliphatic hydroxyl groups is 2. The van der Waals surface area contributed by atoms with Crippen molar-refractivity contribution in [2.45, 2.75) is 108 Å². The summed E-state index contributed by atoms with van der Waals surface area (Å²) < 4.78 is 37.9. The largest absolute Gasteiger partial charge is 1.00 e. The fourth-order valence-corrected chi connectivity index (χ4v) is 12.5. The maximum Gasteiger partial charge on any atom is 0.524 e. The number of nitrogens with one attached hydrogen (secondary N) is 1. The van der Waals surface area contributed by atoms with Crippen LogP contribution in [0.5, 0.6) is 5.75 Å². The molecule has 2 heterocycles. The molecule has 4 saturated carbocycles. The maximum atomic E-state index is 14.8. The van der Waals surface area contributed by atoms with E-state index in [0.29, 0.717) is 29.5 Å². The van der Waals surface area contributed by atoms with Gasteiger partial charge in [-0.1, -0.05) is 50.8 Å². The van der Waals surface area contributed by atoms with Crippen molar-refractivity contribution in [3.63, 3.8) is 0 Å². The van der Waals surface area contributed by atoms with Crippen molar-refractivity contribution >= 4 is 31.4 Å². The number of pyridine rings is 1. The minimum Gasteiger partial charge on any atom is -1.00 e. The minimum atomic E-state index is -4.88. The van der Waals surface area contributed by atoms with Gasteiger partial charge in [-0.15, -0.1) is 0 Å². The Morgan fingerprint density at radius 3 is 2.65 bits per heavy atom. The lowest BCUT2D eigenvalue weighted by Gasteiger charge is -2.59. The maximum absolute atomic E-state index is 14.8. The van der Waals surface area contributed by atoms with Crippen molar-refractivity contribution in [3.05, 3.63) is 89.3 Å². The van der Waals surface area contributed by atoms with Crippen LogP contribution in [0.4, 0.5) is 0 Å². The van der Waals surface area contributed by atoms with Crippen molar-refractivity contribution in [2.75, 3.05) is 20.2 Å². The number of esters is 1. The molecule has 2 aromatic rings. The van der Waals surface area contributed by atoms with Crippen LogP contribution in [0.3, 0.4) is 0 Å². The second-order valence-corrected chi connectivity index (χ2v) is 19.6. The Bertz CT molecular complexity index is 2190. The smallest absolute Gasteiger partial charge is 0.524 e. The van der Waals surface area contributed by atoms with Gasteiger partial charge >= 0.3 is 13.8 Å². The highest BCUT2D eigenvalue weighted by Gasteiger charge is 2.76. The molecule has 0 radical (unpaired) electrons. The van der Waals surface area contributed by atoms with Crippen LogP contribution in [0.2, 0.25) is 0 Å². The first kappa shape index (κ1) is 46.4. The number of allylic oxidation sites excluding steroid dienone is 4. The zero-order chi connectivity index (χ0) is 43.3. The Hall–Kier alpha value is -3.56. The number of ketones is 2. The second-order valence-electron chi connectivity index (χ2n) is 18.4. The summed E-state index contributed by atoms with van der Waals surface area (Å²) >= 11 is 0. The summed E-state index contributed by atoms with van der Waals surface area (Å²) in [5, 5.41) is 25.6. The molecule has 1 aromatic carbocycles. The zero-order valence-corrected chi connectivity index (χ0v) is 37.0. The van der Waals surface area contributed by atoms with Crippen molar-refractivity contribution in [1.29, 1.82) is 0 Å². The monoisotopic (exact) mass is 896 g/mol. The number of hydrogen-bond donors (Lipinski definition) is 5. The Labute approximate surface area is 368 Å². The number of rotatable bonds is 13. The van der Waals surface area contributed by atoms with Gasteiger partial charge in [-0.25, -0.2) is 13.9 Å². The average molecular weight is 897 g/mol. The summed E-state index contributed by atoms with van der Waals surface area (Å²) in [6.07, 6.45) is 16.4. The molecule has 5 N–H and O–H groups in total. The van der Waals surface area contributed by atoms with Gasteiger partial charge in [0.1, 0.15) is 5.75 Å². The molecule has 10 atom stereocenters. The number of likely N-dealkylation sites (N-methyl/N-ethyl adjacent to an activating group) is 1. The van der Waals surface area contributed by atoms with Gasteiger partial charge in [0.05, 0.1) is 23.9 Å². The highest BCUT2D eigenvalue weighted by atomic mass is 35.5. The van der Waals surface area contributed by atoms with Gasteiger partial charge < -0.3 is 46.7 Å². The number of carbonyl (C=O) groups is 3. The first-order valence-corrected chi connectivity index (χ1v) is 23.1. The number of halogens is 1. The number of carbonyl (C=O) groups excluding carboxylic acids is 3. The first-order valence-electron chi connectivity index (χ1n) is 21.6. The molecule has 1 aromatic heterocycles. The number of ether oxygens (including phenoxy) is 3. The molecule has 14 nitrogen and oxygen atoms in total. The fraction of sp³-hybridized carbons (Fsp3) is 0.565. The van der Waals surface area contributed by atoms with Gasteiger partial charge in [0, 0.05) is 46.9 Å². The van der Waals surface area contributed by atoms with Gasteiger partial charge in [-0.3, -0.25) is 19.4 Å². The second kappa shape index (κ2) is 18.1. The predicted octanol–water partition coefficient (Wildman–Crippen LogP) is 1.83. The molecule has 0 amide bonds. The Kier molecular flexibility index (Phi) is 13.6. The van der Waals surface area contributed by atoms with Gasteiger partial charge in [0.15, 0.2) is 43.2 Å². The quantitative estimate of drug-likeness (QED) is 0.0845. The molecule has 6 aliphatic rings. The molecular formula is C46H58ClN2O12P. The van der Waals surface area contributed by atoms with Crippen LogP contribution in [0.1, 0.15) is 94.4 Å². The predicted molar refractivity (Wildman–Crippen MR) is 221 cm³/mol. The van der Waals surface area contributed by atoms with Crippen molar-refractivity contribution in [3.8, 4) is 5.75 Å². The number of phosphoric acid groups is 1. The van der Waals surface area contributed by atoms with Gasteiger partial charge in [0.2, 0.25) is 5.78 Å². The van der Waals surface area contributed by atoms with E-state index < -0.39 is 61.4 Å². The highest BCUT2D eigenvalue weighted by molar-refractivity contribution is 7.46. The Morgan fingerprint density at radius 1 is 1.13 bits per heavy atom. The molecule has 16 heteroatoms. The number of aromatic nitrogens is 1. The number of Topliss-reactive ketones (excluding diaryl/α,β-unsaturated/α-hetero) is 1. The lowest BCUT2D eigenvalue weighted by atomic mass is 9.46. The van der Waals surface area contributed by atoms with Crippen LogP contribution >= 0.6 is 7.82 Å². The number of hydrogen-bond acceptors (Lipinski definition) is 11. The van der Waals surface area contributed by atoms with E-state index in [2.05, 4.69) is 19.2 Å². The fourth-order valence-electron chi connectivity index (χ4n) is 12.1. The van der Waals surface area contributed by atoms with E-state index in [9.17, 15) is 38.9 Å². The van der Waals surface area contributed by atoms with Crippen LogP contribution in [-0.4, -0.2) is 81.8 Å². The van der Waals surface area contributed by atoms with Crippen LogP contribution in [0.15, 0.2) is 72.6 Å².